The maximum absolute atomic E-state index is 11.4. The van der Waals surface area contributed by atoms with Crippen molar-refractivity contribution in [2.24, 2.45) is 0 Å². The third-order valence-electron chi connectivity index (χ3n) is 3.75. The van der Waals surface area contributed by atoms with Crippen LogP contribution in [0.2, 0.25) is 0 Å². The average Bonchev–Trinajstić information content (AvgIpc) is 2.59. The van der Waals surface area contributed by atoms with Crippen molar-refractivity contribution in [1.29, 1.82) is 0 Å². The number of nitro groups is 1. The Morgan fingerprint density at radius 1 is 1.28 bits per heavy atom. The van der Waals surface area contributed by atoms with Crippen molar-refractivity contribution in [1.82, 2.24) is 5.32 Å². The molecule has 0 aliphatic carbocycles. The van der Waals surface area contributed by atoms with Gasteiger partial charge in [0.1, 0.15) is 30.1 Å². The summed E-state index contributed by atoms with van der Waals surface area (Å²) in [7, 11) is -5.08. The molecule has 156 valence electrons. The number of nitrogens with zero attached hydrogens (tertiary/aromatic N) is 1. The number of carbonyl (C=O) groups excluding carboxylic acids is 1. The number of hydrogen-bond acceptors (Lipinski definition) is 11. The first-order chi connectivity index (χ1) is 13.0. The van der Waals surface area contributed by atoms with Gasteiger partial charge in [-0.05, 0) is 12.1 Å². The third-order valence-corrected chi connectivity index (χ3v) is 4.17. The SMILES string of the molecule is CC(=O)NC1C(Oc2ccc([N+](=O)[O-])cc2)OC(COS(=O)(=O)[O-])C(O)C1O.[Na+]. The van der Waals surface area contributed by atoms with Gasteiger partial charge in [-0.2, -0.15) is 0 Å². The number of hydrogen-bond donors (Lipinski definition) is 3. The fraction of sp³-hybridized carbons (Fsp3) is 0.500. The topological polar surface area (TPSA) is 198 Å². The van der Waals surface area contributed by atoms with E-state index in [0.717, 1.165) is 19.1 Å². The van der Waals surface area contributed by atoms with E-state index in [1.807, 2.05) is 0 Å². The van der Waals surface area contributed by atoms with Crippen LogP contribution in [0.15, 0.2) is 24.3 Å². The first kappa shape index (κ1) is 25.7. The largest absolute Gasteiger partial charge is 1.00 e. The predicted molar refractivity (Wildman–Crippen MR) is 87.7 cm³/mol. The van der Waals surface area contributed by atoms with E-state index >= 15 is 0 Å². The van der Waals surface area contributed by atoms with Crippen LogP contribution in [-0.4, -0.2) is 71.3 Å². The molecule has 5 unspecified atom stereocenters. The summed E-state index contributed by atoms with van der Waals surface area (Å²) in [4.78, 5) is 21.5. The van der Waals surface area contributed by atoms with Crippen molar-refractivity contribution in [2.45, 2.75) is 37.6 Å². The van der Waals surface area contributed by atoms with Crippen LogP contribution in [0.25, 0.3) is 0 Å². The summed E-state index contributed by atoms with van der Waals surface area (Å²) in [5.41, 5.74) is -0.210. The number of rotatable bonds is 7. The zero-order valence-electron chi connectivity index (χ0n) is 15.3. The zero-order chi connectivity index (χ0) is 21.1. The van der Waals surface area contributed by atoms with Crippen LogP contribution in [0.1, 0.15) is 6.92 Å². The Morgan fingerprint density at radius 3 is 2.34 bits per heavy atom. The van der Waals surface area contributed by atoms with E-state index < -0.39 is 58.5 Å². The van der Waals surface area contributed by atoms with E-state index in [4.69, 9.17) is 9.47 Å². The number of carbonyl (C=O) groups is 1. The minimum atomic E-state index is -5.08. The maximum Gasteiger partial charge on any atom is 1.00 e. The van der Waals surface area contributed by atoms with E-state index in [-0.39, 0.29) is 41.0 Å². The van der Waals surface area contributed by atoms with E-state index in [1.165, 1.54) is 12.1 Å². The Kier molecular flexibility index (Phi) is 9.39. The Hall–Kier alpha value is -1.36. The molecular formula is C14H17N2NaO11S. The molecule has 1 aliphatic heterocycles. The molecule has 0 radical (unpaired) electrons. The second-order valence-electron chi connectivity index (χ2n) is 5.81. The molecule has 1 amide bonds. The molecule has 0 bridgehead atoms. The molecule has 1 aromatic rings. The maximum atomic E-state index is 11.4. The Bertz CT molecular complexity index is 819. The first-order valence-corrected chi connectivity index (χ1v) is 9.11. The fourth-order valence-corrected chi connectivity index (χ4v) is 2.79. The molecule has 1 fully saturated rings. The Morgan fingerprint density at radius 2 is 1.86 bits per heavy atom. The van der Waals surface area contributed by atoms with Gasteiger partial charge in [0.05, 0.1) is 11.5 Å². The average molecular weight is 444 g/mol. The third kappa shape index (κ3) is 7.44. The summed E-state index contributed by atoms with van der Waals surface area (Å²) in [6, 6.07) is 3.47. The van der Waals surface area contributed by atoms with Gasteiger partial charge in [-0.3, -0.25) is 19.1 Å². The molecular weight excluding hydrogens is 427 g/mol. The molecule has 29 heavy (non-hydrogen) atoms. The Labute approximate surface area is 187 Å². The summed E-state index contributed by atoms with van der Waals surface area (Å²) in [5.74, 6) is -0.528. The summed E-state index contributed by atoms with van der Waals surface area (Å²) in [5, 5.41) is 33.3. The van der Waals surface area contributed by atoms with Gasteiger partial charge in [0, 0.05) is 19.1 Å². The number of amides is 1. The quantitative estimate of drug-likeness (QED) is 0.120. The van der Waals surface area contributed by atoms with Crippen LogP contribution in [0, 0.1) is 10.1 Å². The standard InChI is InChI=1S/C14H18N2O11S.Na/c1-7(17)15-11-13(19)12(18)10(6-25-28(22,23)24)27-14(11)26-9-4-2-8(3-5-9)16(20)21;/h2-5,10-14,18-19H,6H2,1H3,(H,15,17)(H,22,23,24);/q;+1/p-1. The number of nitro benzene ring substituents is 1. The zero-order valence-corrected chi connectivity index (χ0v) is 18.1. The predicted octanol–water partition coefficient (Wildman–Crippen LogP) is -4.59. The molecule has 1 heterocycles. The van der Waals surface area contributed by atoms with Crippen molar-refractivity contribution in [2.75, 3.05) is 6.61 Å². The minimum absolute atomic E-state index is 0. The van der Waals surface area contributed by atoms with E-state index in [0.29, 0.717) is 0 Å². The van der Waals surface area contributed by atoms with Crippen molar-refractivity contribution < 1.29 is 76.1 Å². The fourth-order valence-electron chi connectivity index (χ4n) is 2.49. The monoisotopic (exact) mass is 444 g/mol. The second kappa shape index (κ2) is 10.6. The summed E-state index contributed by atoms with van der Waals surface area (Å²) < 4.78 is 46.7. The molecule has 1 saturated heterocycles. The molecule has 15 heteroatoms. The van der Waals surface area contributed by atoms with Crippen molar-refractivity contribution in [3.63, 3.8) is 0 Å². The van der Waals surface area contributed by atoms with Crippen LogP contribution >= 0.6 is 0 Å². The molecule has 1 aliphatic rings. The molecule has 0 saturated carbocycles. The second-order valence-corrected chi connectivity index (χ2v) is 6.86. The number of benzene rings is 1. The van der Waals surface area contributed by atoms with Crippen LogP contribution < -0.4 is 39.6 Å². The molecule has 3 N–H and O–H groups in total. The van der Waals surface area contributed by atoms with E-state index in [2.05, 4.69) is 9.50 Å². The number of aliphatic hydroxyl groups excluding tert-OH is 2. The van der Waals surface area contributed by atoms with Crippen LogP contribution in [0.5, 0.6) is 5.75 Å². The number of aliphatic hydroxyl groups is 2. The number of ether oxygens (including phenoxy) is 2. The summed E-state index contributed by atoms with van der Waals surface area (Å²) in [6.45, 7) is 0.234. The summed E-state index contributed by atoms with van der Waals surface area (Å²) in [6.07, 6.45) is -6.29. The van der Waals surface area contributed by atoms with Crippen LogP contribution in [0.3, 0.4) is 0 Å². The minimum Gasteiger partial charge on any atom is -0.726 e. The van der Waals surface area contributed by atoms with Gasteiger partial charge in [0.25, 0.3) is 5.69 Å². The molecule has 2 rings (SSSR count). The van der Waals surface area contributed by atoms with Crippen molar-refractivity contribution >= 4 is 22.0 Å². The molecule has 0 spiro atoms. The number of nitrogens with one attached hydrogen (secondary N) is 1. The van der Waals surface area contributed by atoms with Gasteiger partial charge in [-0.25, -0.2) is 8.42 Å². The molecule has 0 aromatic heterocycles. The number of non-ortho nitro benzene ring substituents is 1. The van der Waals surface area contributed by atoms with Gasteiger partial charge < -0.3 is 29.6 Å². The van der Waals surface area contributed by atoms with Crippen molar-refractivity contribution in [3.8, 4) is 5.75 Å². The normalized spacial score (nSPS) is 26.8. The van der Waals surface area contributed by atoms with E-state index in [1.54, 1.807) is 0 Å². The Balaban J connectivity index is 0.00000420. The van der Waals surface area contributed by atoms with Gasteiger partial charge in [-0.1, -0.05) is 0 Å². The van der Waals surface area contributed by atoms with Gasteiger partial charge >= 0.3 is 29.6 Å². The van der Waals surface area contributed by atoms with Crippen LogP contribution in [0.4, 0.5) is 5.69 Å². The first-order valence-electron chi connectivity index (χ1n) is 7.78. The van der Waals surface area contributed by atoms with Gasteiger partial charge in [0.2, 0.25) is 22.6 Å². The van der Waals surface area contributed by atoms with Gasteiger partial charge in [0.15, 0.2) is 0 Å². The van der Waals surface area contributed by atoms with Crippen molar-refractivity contribution in [3.05, 3.63) is 34.4 Å². The molecule has 13 nitrogen and oxygen atoms in total. The smallest absolute Gasteiger partial charge is 0.726 e. The summed E-state index contributed by atoms with van der Waals surface area (Å²) >= 11 is 0. The molecule has 1 aromatic carbocycles. The molecule has 5 atom stereocenters. The van der Waals surface area contributed by atoms with Crippen LogP contribution in [-0.2, 0) is 24.1 Å². The van der Waals surface area contributed by atoms with Gasteiger partial charge in [-0.15, -0.1) is 0 Å². The van der Waals surface area contributed by atoms with E-state index in [9.17, 15) is 38.1 Å².